The predicted molar refractivity (Wildman–Crippen MR) is 230 cm³/mol. The SMILES string of the molecule is C=CC(=O)N1CCC(n2nc(C#Cc3cc(OC)cc(OC)c3)c3c(NCCC(=O)N4CCC(n5nc(C#Cc6cc(OC)cc(OC)c6)c6c(N)ncnc65)C4)ncnc32)C1. The number of nitrogens with zero attached hydrogens (tertiary/aromatic N) is 10. The van der Waals surface area contributed by atoms with E-state index in [4.69, 9.17) is 34.9 Å². The maximum Gasteiger partial charge on any atom is 0.246 e. The number of likely N-dealkylation sites (tertiary alicyclic amines) is 2. The van der Waals surface area contributed by atoms with E-state index in [1.165, 1.54) is 18.7 Å². The van der Waals surface area contributed by atoms with Gasteiger partial charge in [-0.3, -0.25) is 9.59 Å². The lowest BCUT2D eigenvalue weighted by atomic mass is 10.2. The fourth-order valence-electron chi connectivity index (χ4n) is 7.69. The van der Waals surface area contributed by atoms with Gasteiger partial charge in [-0.2, -0.15) is 10.2 Å². The number of fused-ring (bicyclic) bond motifs is 2. The number of hydrogen-bond acceptors (Lipinski definition) is 14. The number of aromatic nitrogens is 8. The van der Waals surface area contributed by atoms with Crippen molar-refractivity contribution < 1.29 is 28.5 Å². The number of benzene rings is 2. The maximum atomic E-state index is 13.7. The zero-order valence-corrected chi connectivity index (χ0v) is 34.7. The molecule has 0 radical (unpaired) electrons. The molecule has 0 aliphatic carbocycles. The van der Waals surface area contributed by atoms with Crippen LogP contribution in [0.4, 0.5) is 11.6 Å². The van der Waals surface area contributed by atoms with Crippen molar-refractivity contribution in [1.29, 1.82) is 0 Å². The van der Waals surface area contributed by atoms with Gasteiger partial charge in [-0.05, 0) is 55.0 Å². The van der Waals surface area contributed by atoms with E-state index in [1.807, 2.05) is 9.58 Å². The summed E-state index contributed by atoms with van der Waals surface area (Å²) >= 11 is 0. The second kappa shape index (κ2) is 17.8. The summed E-state index contributed by atoms with van der Waals surface area (Å²) in [5.74, 6) is 15.7. The highest BCUT2D eigenvalue weighted by atomic mass is 16.5. The third kappa shape index (κ3) is 8.30. The molecule has 6 aromatic rings. The van der Waals surface area contributed by atoms with Crippen LogP contribution in [0.2, 0.25) is 0 Å². The van der Waals surface area contributed by atoms with Crippen molar-refractivity contribution in [2.24, 2.45) is 0 Å². The van der Waals surface area contributed by atoms with Gasteiger partial charge in [-0.15, -0.1) is 0 Å². The van der Waals surface area contributed by atoms with Gasteiger partial charge in [0.1, 0.15) is 58.7 Å². The Balaban J connectivity index is 1.00. The molecule has 0 spiro atoms. The van der Waals surface area contributed by atoms with Gasteiger partial charge >= 0.3 is 0 Å². The van der Waals surface area contributed by atoms with Crippen LogP contribution in [0.5, 0.6) is 23.0 Å². The van der Waals surface area contributed by atoms with Crippen molar-refractivity contribution in [2.45, 2.75) is 31.3 Å². The monoisotopic (exact) mass is 836 g/mol. The number of methoxy groups -OCH3 is 4. The number of hydrogen-bond donors (Lipinski definition) is 2. The van der Waals surface area contributed by atoms with Crippen LogP contribution in [0.25, 0.3) is 22.1 Å². The van der Waals surface area contributed by atoms with E-state index < -0.39 is 0 Å². The Morgan fingerprint density at radius 1 is 0.726 bits per heavy atom. The Morgan fingerprint density at radius 2 is 1.23 bits per heavy atom. The molecule has 18 nitrogen and oxygen atoms in total. The average molecular weight is 837 g/mol. The second-order valence-corrected chi connectivity index (χ2v) is 14.6. The molecule has 62 heavy (non-hydrogen) atoms. The minimum Gasteiger partial charge on any atom is -0.497 e. The Kier molecular flexibility index (Phi) is 11.7. The van der Waals surface area contributed by atoms with Crippen molar-refractivity contribution in [2.75, 3.05) is 72.2 Å². The molecule has 6 heterocycles. The van der Waals surface area contributed by atoms with Crippen LogP contribution in [0.3, 0.4) is 0 Å². The van der Waals surface area contributed by atoms with Crippen LogP contribution in [0.15, 0.2) is 61.7 Å². The third-order valence-corrected chi connectivity index (χ3v) is 10.8. The standard InChI is InChI=1S/C44H44N12O6/c1-6-37(57)53-15-12-29(23-53)56-44-40(36(52-56)10-8-28-19-33(61-4)22-34(20-28)62-5)42(48-26-50-44)46-14-11-38(58)54-16-13-30(24-54)55-43-39(41(45)47-25-49-43)35(51-55)9-7-27-17-31(59-2)21-32(18-27)60-3/h6,17-22,25-26,29-30H,1,11-16,23-24H2,2-5H3,(H2,45,47,49)(H,46,48,50). The van der Waals surface area contributed by atoms with E-state index in [0.717, 1.165) is 0 Å². The first-order valence-corrected chi connectivity index (χ1v) is 19.8. The molecule has 2 aliphatic rings. The highest BCUT2D eigenvalue weighted by Gasteiger charge is 2.32. The predicted octanol–water partition coefficient (Wildman–Crippen LogP) is 3.62. The normalized spacial score (nSPS) is 15.7. The summed E-state index contributed by atoms with van der Waals surface area (Å²) in [6, 6.07) is 10.5. The Morgan fingerprint density at radius 3 is 1.77 bits per heavy atom. The van der Waals surface area contributed by atoms with E-state index in [9.17, 15) is 9.59 Å². The highest BCUT2D eigenvalue weighted by molar-refractivity contribution is 5.93. The molecule has 2 atom stereocenters. The van der Waals surface area contributed by atoms with Gasteiger partial charge < -0.3 is 39.8 Å². The van der Waals surface area contributed by atoms with Crippen LogP contribution in [-0.4, -0.2) is 122 Å². The second-order valence-electron chi connectivity index (χ2n) is 14.6. The summed E-state index contributed by atoms with van der Waals surface area (Å²) in [4.78, 5) is 47.6. The van der Waals surface area contributed by atoms with Crippen molar-refractivity contribution >= 4 is 45.5 Å². The largest absolute Gasteiger partial charge is 0.497 e. The fraction of sp³-hybridized carbons (Fsp3) is 0.318. The topological polar surface area (TPSA) is 203 Å². The van der Waals surface area contributed by atoms with Gasteiger partial charge in [0, 0.05) is 62.4 Å². The molecule has 316 valence electrons. The number of nitrogens with two attached hydrogens (primary N) is 1. The molecule has 18 heteroatoms. The summed E-state index contributed by atoms with van der Waals surface area (Å²) in [6.07, 6.45) is 5.69. The van der Waals surface area contributed by atoms with E-state index in [-0.39, 0.29) is 42.7 Å². The molecule has 2 amide bonds. The molecular formula is C44H44N12O6. The molecule has 4 aromatic heterocycles. The minimum absolute atomic E-state index is 0.0384. The van der Waals surface area contributed by atoms with Gasteiger partial charge in [0.15, 0.2) is 11.3 Å². The summed E-state index contributed by atoms with van der Waals surface area (Å²) in [5, 5.41) is 14.3. The van der Waals surface area contributed by atoms with E-state index in [2.05, 4.69) is 55.5 Å². The third-order valence-electron chi connectivity index (χ3n) is 10.8. The molecule has 3 N–H and O–H groups in total. The van der Waals surface area contributed by atoms with Crippen molar-refractivity contribution in [1.82, 2.24) is 49.3 Å². The minimum atomic E-state index is -0.164. The molecule has 0 saturated carbocycles. The smallest absolute Gasteiger partial charge is 0.246 e. The van der Waals surface area contributed by atoms with Crippen LogP contribution in [-0.2, 0) is 9.59 Å². The molecule has 2 saturated heterocycles. The number of nitrogen functional groups attached to an aromatic ring is 1. The molecule has 0 bridgehead atoms. The zero-order valence-electron chi connectivity index (χ0n) is 34.7. The lowest BCUT2D eigenvalue weighted by molar-refractivity contribution is -0.130. The maximum absolute atomic E-state index is 13.7. The van der Waals surface area contributed by atoms with Crippen LogP contribution in [0.1, 0.15) is 53.9 Å². The summed E-state index contributed by atoms with van der Waals surface area (Å²) in [7, 11) is 6.31. The first kappa shape index (κ1) is 40.9. The molecule has 8 rings (SSSR count). The van der Waals surface area contributed by atoms with Gasteiger partial charge in [-0.25, -0.2) is 29.3 Å². The lowest BCUT2D eigenvalue weighted by Gasteiger charge is -2.17. The van der Waals surface area contributed by atoms with Gasteiger partial charge in [0.05, 0.1) is 51.3 Å². The lowest BCUT2D eigenvalue weighted by Crippen LogP contribution is -2.30. The summed E-state index contributed by atoms with van der Waals surface area (Å²) < 4.78 is 25.3. The van der Waals surface area contributed by atoms with Crippen LogP contribution in [0, 0.1) is 23.7 Å². The van der Waals surface area contributed by atoms with Crippen molar-refractivity contribution in [3.8, 4) is 46.7 Å². The van der Waals surface area contributed by atoms with E-state index in [0.29, 0.717) is 112 Å². The number of anilines is 2. The van der Waals surface area contributed by atoms with Crippen molar-refractivity contribution in [3.63, 3.8) is 0 Å². The quantitative estimate of drug-likeness (QED) is 0.142. The first-order chi connectivity index (χ1) is 30.2. The number of ether oxygens (including phenoxy) is 4. The highest BCUT2D eigenvalue weighted by Crippen LogP contribution is 2.32. The molecule has 2 fully saturated rings. The average Bonchev–Trinajstić information content (AvgIpc) is 4.13. The van der Waals surface area contributed by atoms with Gasteiger partial charge in [-0.1, -0.05) is 18.4 Å². The van der Waals surface area contributed by atoms with Gasteiger partial charge in [0.25, 0.3) is 0 Å². The van der Waals surface area contributed by atoms with Crippen molar-refractivity contribution in [3.05, 3.63) is 84.2 Å². The number of carbonyl (C=O) groups is 2. The van der Waals surface area contributed by atoms with Gasteiger partial charge in [0.2, 0.25) is 11.8 Å². The Bertz CT molecular complexity index is 2790. The zero-order chi connectivity index (χ0) is 43.3. The number of carbonyl (C=O) groups excluding carboxylic acids is 2. The first-order valence-electron chi connectivity index (χ1n) is 19.8. The van der Waals surface area contributed by atoms with E-state index >= 15 is 0 Å². The van der Waals surface area contributed by atoms with Crippen LogP contribution < -0.4 is 30.0 Å². The molecule has 2 aromatic carbocycles. The fourth-order valence-corrected chi connectivity index (χ4v) is 7.69. The van der Waals surface area contributed by atoms with E-state index in [1.54, 1.807) is 74.4 Å². The molecule has 2 aliphatic heterocycles. The number of rotatable bonds is 11. The summed E-state index contributed by atoms with van der Waals surface area (Å²) in [5.41, 5.74) is 9.64. The Hall–Kier alpha value is -7.86. The Labute approximate surface area is 357 Å². The number of nitrogens with one attached hydrogen (secondary N) is 1. The number of amides is 2. The molecule has 2 unspecified atom stereocenters. The molecular weight excluding hydrogens is 793 g/mol. The summed E-state index contributed by atoms with van der Waals surface area (Å²) in [6.45, 7) is 5.88. The van der Waals surface area contributed by atoms with Crippen LogP contribution >= 0.6 is 0 Å².